The fourth-order valence-corrected chi connectivity index (χ4v) is 2.95. The molecule has 1 saturated heterocycles. The molecule has 2 heterocycles. The summed E-state index contributed by atoms with van der Waals surface area (Å²) in [6.45, 7) is 0.756. The number of hydrogen-bond donors (Lipinski definition) is 1. The molecule has 1 aliphatic rings. The number of likely N-dealkylation sites (tertiary alicyclic amines) is 1. The molecule has 2 rings (SSSR count). The molecule has 1 aromatic rings. The molecular weight excluding hydrogens is 319 g/mol. The van der Waals surface area contributed by atoms with Crippen molar-refractivity contribution in [2.24, 2.45) is 5.92 Å². The van der Waals surface area contributed by atoms with Gasteiger partial charge < -0.3 is 10.2 Å². The second-order valence-corrected chi connectivity index (χ2v) is 6.25. The van der Waals surface area contributed by atoms with Crippen molar-refractivity contribution in [2.45, 2.75) is 25.9 Å². The maximum absolute atomic E-state index is 12.3. The van der Waals surface area contributed by atoms with E-state index >= 15 is 0 Å². The molecule has 0 aliphatic carbocycles. The van der Waals surface area contributed by atoms with Gasteiger partial charge in [-0.15, -0.1) is 11.3 Å². The highest BCUT2D eigenvalue weighted by molar-refractivity contribution is 7.09. The van der Waals surface area contributed by atoms with Crippen LogP contribution in [-0.4, -0.2) is 47.5 Å². The van der Waals surface area contributed by atoms with Crippen molar-refractivity contribution in [1.82, 2.24) is 15.2 Å². The average molecular weight is 335 g/mol. The number of nitrogens with zero attached hydrogens (tertiary/aromatic N) is 2. The van der Waals surface area contributed by atoms with Gasteiger partial charge >= 0.3 is 6.18 Å². The number of rotatable bonds is 5. The number of carbonyl (C=O) groups excluding carboxylic acids is 2. The van der Waals surface area contributed by atoms with E-state index < -0.39 is 24.5 Å². The average Bonchev–Trinajstić information content (AvgIpc) is 2.95. The number of alkyl halides is 3. The van der Waals surface area contributed by atoms with Crippen molar-refractivity contribution in [3.8, 4) is 0 Å². The van der Waals surface area contributed by atoms with E-state index in [4.69, 9.17) is 0 Å². The SMILES string of the molecule is Cc1nc(CCNC(=O)[C@@H]2CC(=O)N(CC(F)(F)F)C2)cs1. The first-order valence-electron chi connectivity index (χ1n) is 6.78. The zero-order chi connectivity index (χ0) is 16.3. The maximum atomic E-state index is 12.3. The van der Waals surface area contributed by atoms with Crippen LogP contribution < -0.4 is 5.32 Å². The second-order valence-electron chi connectivity index (χ2n) is 5.19. The number of aryl methyl sites for hydroxylation is 1. The van der Waals surface area contributed by atoms with Gasteiger partial charge in [0.25, 0.3) is 0 Å². The van der Waals surface area contributed by atoms with Gasteiger partial charge in [-0.1, -0.05) is 0 Å². The van der Waals surface area contributed by atoms with Crippen LogP contribution in [0.5, 0.6) is 0 Å². The molecule has 1 aliphatic heterocycles. The summed E-state index contributed by atoms with van der Waals surface area (Å²) >= 11 is 1.51. The number of amides is 2. The van der Waals surface area contributed by atoms with E-state index in [0.717, 1.165) is 10.7 Å². The van der Waals surface area contributed by atoms with Gasteiger partial charge in [0.05, 0.1) is 16.6 Å². The zero-order valence-electron chi connectivity index (χ0n) is 11.9. The quantitative estimate of drug-likeness (QED) is 0.887. The lowest BCUT2D eigenvalue weighted by Crippen LogP contribution is -2.37. The van der Waals surface area contributed by atoms with Gasteiger partial charge in [-0.05, 0) is 6.92 Å². The molecule has 9 heteroatoms. The first-order chi connectivity index (χ1) is 10.2. The van der Waals surface area contributed by atoms with Crippen molar-refractivity contribution in [2.75, 3.05) is 19.6 Å². The molecule has 1 aromatic heterocycles. The van der Waals surface area contributed by atoms with Crippen molar-refractivity contribution < 1.29 is 22.8 Å². The largest absolute Gasteiger partial charge is 0.406 e. The Hall–Kier alpha value is -1.64. The molecule has 22 heavy (non-hydrogen) atoms. The van der Waals surface area contributed by atoms with Gasteiger partial charge in [0, 0.05) is 31.3 Å². The fourth-order valence-electron chi connectivity index (χ4n) is 2.30. The molecule has 0 bridgehead atoms. The Kier molecular flexibility index (Phi) is 5.05. The minimum absolute atomic E-state index is 0.169. The van der Waals surface area contributed by atoms with Gasteiger partial charge in [-0.25, -0.2) is 4.98 Å². The predicted octanol–water partition coefficient (Wildman–Crippen LogP) is 1.52. The summed E-state index contributed by atoms with van der Waals surface area (Å²) in [6, 6.07) is 0. The van der Waals surface area contributed by atoms with Crippen LogP contribution in [0.25, 0.3) is 0 Å². The molecule has 1 atom stereocenters. The number of halogens is 3. The maximum Gasteiger partial charge on any atom is 0.406 e. The Morgan fingerprint density at radius 2 is 2.27 bits per heavy atom. The standard InChI is InChI=1S/C13H16F3N3O2S/c1-8-18-10(6-22-8)2-3-17-12(21)9-4-11(20)19(5-9)7-13(14,15)16/h6,9H,2-5,7H2,1H3,(H,17,21)/t9-/m1/s1. The van der Waals surface area contributed by atoms with Gasteiger partial charge in [-0.2, -0.15) is 13.2 Å². The molecular formula is C13H16F3N3O2S. The first kappa shape index (κ1) is 16.7. The van der Waals surface area contributed by atoms with E-state index in [2.05, 4.69) is 10.3 Å². The lowest BCUT2D eigenvalue weighted by molar-refractivity contribution is -0.157. The first-order valence-corrected chi connectivity index (χ1v) is 7.66. The van der Waals surface area contributed by atoms with E-state index in [9.17, 15) is 22.8 Å². The topological polar surface area (TPSA) is 62.3 Å². The molecule has 1 fully saturated rings. The van der Waals surface area contributed by atoms with Crippen LogP contribution >= 0.6 is 11.3 Å². The summed E-state index contributed by atoms with van der Waals surface area (Å²) in [4.78, 5) is 28.3. The highest BCUT2D eigenvalue weighted by Gasteiger charge is 2.40. The van der Waals surface area contributed by atoms with Crippen LogP contribution in [0.4, 0.5) is 13.2 Å². The predicted molar refractivity (Wildman–Crippen MR) is 74.3 cm³/mol. The normalized spacial score (nSPS) is 18.8. The number of aromatic nitrogens is 1. The number of nitrogens with one attached hydrogen (secondary N) is 1. The van der Waals surface area contributed by atoms with Gasteiger partial charge in [0.15, 0.2) is 0 Å². The lowest BCUT2D eigenvalue weighted by Gasteiger charge is -2.18. The van der Waals surface area contributed by atoms with Crippen LogP contribution in [-0.2, 0) is 16.0 Å². The Morgan fingerprint density at radius 3 is 2.86 bits per heavy atom. The molecule has 1 N–H and O–H groups in total. The van der Waals surface area contributed by atoms with Crippen molar-refractivity contribution in [3.05, 3.63) is 16.1 Å². The third-order valence-corrected chi connectivity index (χ3v) is 4.12. The van der Waals surface area contributed by atoms with Crippen LogP contribution in [0.15, 0.2) is 5.38 Å². The number of carbonyl (C=O) groups is 2. The summed E-state index contributed by atoms with van der Waals surface area (Å²) < 4.78 is 36.9. The van der Waals surface area contributed by atoms with Crippen molar-refractivity contribution in [1.29, 1.82) is 0 Å². The van der Waals surface area contributed by atoms with Gasteiger partial charge in [0.2, 0.25) is 11.8 Å². The third kappa shape index (κ3) is 4.69. The summed E-state index contributed by atoms with van der Waals surface area (Å²) in [5.41, 5.74) is 0.865. The molecule has 0 aromatic carbocycles. The summed E-state index contributed by atoms with van der Waals surface area (Å²) in [5.74, 6) is -1.73. The number of thiazole rings is 1. The highest BCUT2D eigenvalue weighted by Crippen LogP contribution is 2.23. The summed E-state index contributed by atoms with van der Waals surface area (Å²) in [7, 11) is 0. The summed E-state index contributed by atoms with van der Waals surface area (Å²) in [6.07, 6.45) is -4.05. The molecule has 5 nitrogen and oxygen atoms in total. The van der Waals surface area contributed by atoms with E-state index in [1.807, 2.05) is 12.3 Å². The Morgan fingerprint density at radius 1 is 1.55 bits per heavy atom. The Labute approximate surface area is 129 Å². The van der Waals surface area contributed by atoms with E-state index in [0.29, 0.717) is 17.9 Å². The van der Waals surface area contributed by atoms with E-state index in [-0.39, 0.29) is 18.9 Å². The van der Waals surface area contributed by atoms with E-state index in [1.165, 1.54) is 11.3 Å². The van der Waals surface area contributed by atoms with Crippen LogP contribution in [0, 0.1) is 12.8 Å². The highest BCUT2D eigenvalue weighted by atomic mass is 32.1. The molecule has 122 valence electrons. The minimum atomic E-state index is -4.44. The minimum Gasteiger partial charge on any atom is -0.355 e. The molecule has 0 spiro atoms. The molecule has 0 radical (unpaired) electrons. The second kappa shape index (κ2) is 6.64. The lowest BCUT2D eigenvalue weighted by atomic mass is 10.1. The van der Waals surface area contributed by atoms with Crippen LogP contribution in [0.2, 0.25) is 0 Å². The molecule has 2 amide bonds. The fraction of sp³-hybridized carbons (Fsp3) is 0.615. The van der Waals surface area contributed by atoms with Crippen LogP contribution in [0.1, 0.15) is 17.1 Å². The Bertz CT molecular complexity index is 559. The molecule has 0 saturated carbocycles. The zero-order valence-corrected chi connectivity index (χ0v) is 12.8. The molecule has 0 unspecified atom stereocenters. The Balaban J connectivity index is 1.77. The van der Waals surface area contributed by atoms with Gasteiger partial charge in [0.1, 0.15) is 6.54 Å². The third-order valence-electron chi connectivity index (χ3n) is 3.30. The van der Waals surface area contributed by atoms with Crippen molar-refractivity contribution in [3.63, 3.8) is 0 Å². The summed E-state index contributed by atoms with van der Waals surface area (Å²) in [5, 5.41) is 5.48. The van der Waals surface area contributed by atoms with E-state index in [1.54, 1.807) is 0 Å². The van der Waals surface area contributed by atoms with Crippen LogP contribution in [0.3, 0.4) is 0 Å². The smallest absolute Gasteiger partial charge is 0.355 e. The number of hydrogen-bond acceptors (Lipinski definition) is 4. The van der Waals surface area contributed by atoms with Crippen molar-refractivity contribution >= 4 is 23.2 Å². The van der Waals surface area contributed by atoms with Gasteiger partial charge in [-0.3, -0.25) is 9.59 Å². The monoisotopic (exact) mass is 335 g/mol.